The molecule has 3 N–H and O–H groups in total. The van der Waals surface area contributed by atoms with E-state index in [2.05, 4.69) is 4.98 Å². The van der Waals surface area contributed by atoms with Gasteiger partial charge in [0.05, 0.1) is 24.6 Å². The van der Waals surface area contributed by atoms with Crippen LogP contribution in [0.4, 0.5) is 11.5 Å². The molecule has 1 heterocycles. The van der Waals surface area contributed by atoms with Crippen LogP contribution < -0.4 is 10.6 Å². The van der Waals surface area contributed by atoms with Gasteiger partial charge in [-0.15, -0.1) is 0 Å². The van der Waals surface area contributed by atoms with E-state index in [4.69, 9.17) is 10.5 Å². The van der Waals surface area contributed by atoms with Crippen molar-refractivity contribution in [2.75, 3.05) is 37.9 Å². The smallest absolute Gasteiger partial charge is 0.128 e. The van der Waals surface area contributed by atoms with Crippen LogP contribution in [0.1, 0.15) is 5.56 Å². The van der Waals surface area contributed by atoms with Gasteiger partial charge < -0.3 is 20.5 Å². The summed E-state index contributed by atoms with van der Waals surface area (Å²) in [4.78, 5) is 6.07. The first kappa shape index (κ1) is 12.7. The Balaban J connectivity index is 2.65. The van der Waals surface area contributed by atoms with E-state index in [0.717, 1.165) is 11.4 Å². The monoisotopic (exact) mass is 225 g/mol. The average Bonchev–Trinajstić information content (AvgIpc) is 2.22. The van der Waals surface area contributed by atoms with E-state index < -0.39 is 6.10 Å². The third-order valence-corrected chi connectivity index (χ3v) is 2.37. The lowest BCUT2D eigenvalue weighted by Gasteiger charge is -2.21. The van der Waals surface area contributed by atoms with Crippen LogP contribution in [0, 0.1) is 6.92 Å². The number of ether oxygens (including phenoxy) is 1. The van der Waals surface area contributed by atoms with Crippen molar-refractivity contribution in [3.8, 4) is 0 Å². The second kappa shape index (κ2) is 5.67. The van der Waals surface area contributed by atoms with Crippen molar-refractivity contribution in [3.05, 3.63) is 17.8 Å². The van der Waals surface area contributed by atoms with E-state index in [1.807, 2.05) is 24.9 Å². The van der Waals surface area contributed by atoms with E-state index in [-0.39, 0.29) is 0 Å². The Morgan fingerprint density at radius 1 is 1.62 bits per heavy atom. The molecule has 0 aromatic carbocycles. The number of methoxy groups -OCH3 is 1. The zero-order valence-corrected chi connectivity index (χ0v) is 9.97. The normalized spacial score (nSPS) is 12.5. The van der Waals surface area contributed by atoms with Crippen LogP contribution in [-0.4, -0.2) is 43.5 Å². The zero-order valence-electron chi connectivity index (χ0n) is 9.97. The van der Waals surface area contributed by atoms with Gasteiger partial charge in [0.1, 0.15) is 5.82 Å². The quantitative estimate of drug-likeness (QED) is 0.759. The van der Waals surface area contributed by atoms with Crippen molar-refractivity contribution in [2.24, 2.45) is 0 Å². The summed E-state index contributed by atoms with van der Waals surface area (Å²) < 4.78 is 4.87. The number of nitrogens with zero attached hydrogens (tertiary/aromatic N) is 2. The molecule has 0 aliphatic rings. The Morgan fingerprint density at radius 2 is 2.31 bits per heavy atom. The minimum absolute atomic E-state index is 0.318. The molecule has 1 aromatic heterocycles. The van der Waals surface area contributed by atoms with Gasteiger partial charge in [-0.3, -0.25) is 0 Å². The molecule has 0 saturated carbocycles. The Bertz CT molecular complexity index is 344. The number of aliphatic hydroxyl groups excluding tert-OH is 1. The van der Waals surface area contributed by atoms with E-state index >= 15 is 0 Å². The number of aryl methyl sites for hydroxylation is 1. The summed E-state index contributed by atoms with van der Waals surface area (Å²) in [5.41, 5.74) is 7.35. The number of rotatable bonds is 5. The highest BCUT2D eigenvalue weighted by Gasteiger charge is 2.10. The van der Waals surface area contributed by atoms with E-state index in [0.29, 0.717) is 18.8 Å². The third kappa shape index (κ3) is 3.36. The fraction of sp³-hybridized carbons (Fsp3) is 0.545. The molecule has 1 unspecified atom stereocenters. The summed E-state index contributed by atoms with van der Waals surface area (Å²) in [5, 5.41) is 9.59. The van der Waals surface area contributed by atoms with Gasteiger partial charge in [-0.05, 0) is 18.6 Å². The van der Waals surface area contributed by atoms with E-state index in [9.17, 15) is 5.11 Å². The fourth-order valence-corrected chi connectivity index (χ4v) is 1.42. The predicted octanol–water partition coefficient (Wildman–Crippen LogP) is 0.416. The lowest BCUT2D eigenvalue weighted by molar-refractivity contribution is 0.0694. The maximum atomic E-state index is 9.59. The number of aliphatic hydroxyl groups is 1. The van der Waals surface area contributed by atoms with Gasteiger partial charge >= 0.3 is 0 Å². The van der Waals surface area contributed by atoms with Crippen molar-refractivity contribution in [3.63, 3.8) is 0 Å². The van der Waals surface area contributed by atoms with Crippen LogP contribution in [-0.2, 0) is 4.74 Å². The largest absolute Gasteiger partial charge is 0.397 e. The molecular formula is C11H19N3O2. The topological polar surface area (TPSA) is 71.6 Å². The van der Waals surface area contributed by atoms with Gasteiger partial charge in [0.2, 0.25) is 0 Å². The number of likely N-dealkylation sites (N-methyl/N-ethyl adjacent to an activating group) is 1. The highest BCUT2D eigenvalue weighted by Crippen LogP contribution is 2.16. The number of hydrogen-bond donors (Lipinski definition) is 2. The minimum atomic E-state index is -0.519. The Hall–Kier alpha value is -1.33. The van der Waals surface area contributed by atoms with Crippen molar-refractivity contribution in [1.29, 1.82) is 0 Å². The Kier molecular flexibility index (Phi) is 4.52. The molecule has 0 aliphatic heterocycles. The van der Waals surface area contributed by atoms with E-state index in [1.165, 1.54) is 0 Å². The van der Waals surface area contributed by atoms with Crippen molar-refractivity contribution in [1.82, 2.24) is 4.98 Å². The standard InChI is InChI=1S/C11H19N3O2/c1-8-4-11(13-5-10(8)12)14(2)6-9(15)7-16-3/h4-5,9,15H,6-7,12H2,1-3H3. The Labute approximate surface area is 95.8 Å². The number of pyridine rings is 1. The molecular weight excluding hydrogens is 206 g/mol. The zero-order chi connectivity index (χ0) is 12.1. The van der Waals surface area contributed by atoms with Crippen LogP contribution in [0.15, 0.2) is 12.3 Å². The molecule has 1 atom stereocenters. The van der Waals surface area contributed by atoms with E-state index in [1.54, 1.807) is 13.3 Å². The molecule has 0 saturated heterocycles. The molecule has 0 amide bonds. The summed E-state index contributed by atoms with van der Waals surface area (Å²) in [7, 11) is 3.44. The minimum Gasteiger partial charge on any atom is -0.397 e. The van der Waals surface area contributed by atoms with Gasteiger partial charge in [-0.25, -0.2) is 4.98 Å². The SMILES string of the molecule is COCC(O)CN(C)c1cc(C)c(N)cn1. The molecule has 5 heteroatoms. The van der Waals surface area contributed by atoms with Crippen LogP contribution in [0.25, 0.3) is 0 Å². The first-order valence-corrected chi connectivity index (χ1v) is 5.15. The Morgan fingerprint density at radius 3 is 2.88 bits per heavy atom. The molecule has 5 nitrogen and oxygen atoms in total. The van der Waals surface area contributed by atoms with Gasteiger partial charge in [-0.1, -0.05) is 0 Å². The lowest BCUT2D eigenvalue weighted by atomic mass is 10.2. The average molecular weight is 225 g/mol. The molecule has 0 aliphatic carbocycles. The summed E-state index contributed by atoms with van der Waals surface area (Å²) in [6.07, 6.45) is 1.11. The maximum absolute atomic E-state index is 9.59. The van der Waals surface area contributed by atoms with Crippen LogP contribution in [0.3, 0.4) is 0 Å². The number of anilines is 2. The predicted molar refractivity (Wildman–Crippen MR) is 64.5 cm³/mol. The number of nitrogens with two attached hydrogens (primary N) is 1. The summed E-state index contributed by atoms with van der Waals surface area (Å²) >= 11 is 0. The maximum Gasteiger partial charge on any atom is 0.128 e. The lowest BCUT2D eigenvalue weighted by Crippen LogP contribution is -2.32. The van der Waals surface area contributed by atoms with Gasteiger partial charge in [0.15, 0.2) is 0 Å². The third-order valence-electron chi connectivity index (χ3n) is 2.37. The molecule has 0 radical (unpaired) electrons. The molecule has 0 bridgehead atoms. The number of hydrogen-bond acceptors (Lipinski definition) is 5. The second-order valence-corrected chi connectivity index (χ2v) is 3.89. The summed E-state index contributed by atoms with van der Waals surface area (Å²) in [5.74, 6) is 0.793. The van der Waals surface area contributed by atoms with Gasteiger partial charge in [-0.2, -0.15) is 0 Å². The molecule has 16 heavy (non-hydrogen) atoms. The van der Waals surface area contributed by atoms with Crippen LogP contribution in [0.5, 0.6) is 0 Å². The molecule has 1 aromatic rings. The van der Waals surface area contributed by atoms with Crippen LogP contribution >= 0.6 is 0 Å². The van der Waals surface area contributed by atoms with Crippen LogP contribution in [0.2, 0.25) is 0 Å². The van der Waals surface area contributed by atoms with Crippen molar-refractivity contribution < 1.29 is 9.84 Å². The fourth-order valence-electron chi connectivity index (χ4n) is 1.42. The first-order valence-electron chi connectivity index (χ1n) is 5.15. The summed E-state index contributed by atoms with van der Waals surface area (Å²) in [6, 6.07) is 1.90. The molecule has 0 fully saturated rings. The number of nitrogen functional groups attached to an aromatic ring is 1. The first-order chi connectivity index (χ1) is 7.54. The van der Waals surface area contributed by atoms with Crippen molar-refractivity contribution >= 4 is 11.5 Å². The molecule has 90 valence electrons. The molecule has 1 rings (SSSR count). The second-order valence-electron chi connectivity index (χ2n) is 3.89. The van der Waals surface area contributed by atoms with Gasteiger partial charge in [0.25, 0.3) is 0 Å². The van der Waals surface area contributed by atoms with Gasteiger partial charge in [0, 0.05) is 20.7 Å². The summed E-state index contributed by atoms with van der Waals surface area (Å²) in [6.45, 7) is 2.72. The highest BCUT2D eigenvalue weighted by molar-refractivity contribution is 5.51. The number of aromatic nitrogens is 1. The molecule has 0 spiro atoms. The highest BCUT2D eigenvalue weighted by atomic mass is 16.5. The van der Waals surface area contributed by atoms with Crippen molar-refractivity contribution in [2.45, 2.75) is 13.0 Å².